The van der Waals surface area contributed by atoms with Gasteiger partial charge in [-0.3, -0.25) is 4.79 Å². The maximum atomic E-state index is 12.1. The fourth-order valence-corrected chi connectivity index (χ4v) is 2.01. The average molecular weight is 349 g/mol. The van der Waals surface area contributed by atoms with Crippen molar-refractivity contribution in [1.82, 2.24) is 0 Å². The molecule has 0 aromatic heterocycles. The molecule has 0 unspecified atom stereocenters. The Hall–Kier alpha value is -2.14. The van der Waals surface area contributed by atoms with E-state index in [9.17, 15) is 9.59 Å². The first kappa shape index (κ1) is 15.3. The molecular formula is C16H13BrO4. The third-order valence-corrected chi connectivity index (χ3v) is 3.38. The third kappa shape index (κ3) is 3.70. The standard InChI is InChI=1S/C16H13BrO4/c1-10(18)14-9-13(20-2)7-8-15(14)21-16(19)11-3-5-12(17)6-4-11/h3-9H,1-2H3. The Morgan fingerprint density at radius 2 is 1.71 bits per heavy atom. The molecule has 0 atom stereocenters. The van der Waals surface area contributed by atoms with Gasteiger partial charge in [0, 0.05) is 4.47 Å². The molecule has 0 heterocycles. The second kappa shape index (κ2) is 6.54. The minimum Gasteiger partial charge on any atom is -0.497 e. The summed E-state index contributed by atoms with van der Waals surface area (Å²) < 4.78 is 11.2. The van der Waals surface area contributed by atoms with E-state index in [1.165, 1.54) is 14.0 Å². The Morgan fingerprint density at radius 3 is 2.29 bits per heavy atom. The summed E-state index contributed by atoms with van der Waals surface area (Å²) in [4.78, 5) is 23.7. The topological polar surface area (TPSA) is 52.6 Å². The Kier molecular flexibility index (Phi) is 4.75. The smallest absolute Gasteiger partial charge is 0.343 e. The highest BCUT2D eigenvalue weighted by atomic mass is 79.9. The van der Waals surface area contributed by atoms with Crippen LogP contribution in [0.3, 0.4) is 0 Å². The zero-order valence-corrected chi connectivity index (χ0v) is 13.1. The maximum Gasteiger partial charge on any atom is 0.343 e. The molecule has 0 saturated carbocycles. The van der Waals surface area contributed by atoms with Crippen molar-refractivity contribution in [2.24, 2.45) is 0 Å². The van der Waals surface area contributed by atoms with Crippen LogP contribution in [0.2, 0.25) is 0 Å². The van der Waals surface area contributed by atoms with E-state index in [0.29, 0.717) is 16.9 Å². The van der Waals surface area contributed by atoms with Crippen LogP contribution >= 0.6 is 15.9 Å². The number of carbonyl (C=O) groups excluding carboxylic acids is 2. The van der Waals surface area contributed by atoms with Gasteiger partial charge in [0.25, 0.3) is 0 Å². The van der Waals surface area contributed by atoms with Crippen LogP contribution in [0.1, 0.15) is 27.6 Å². The molecule has 0 aliphatic rings. The molecule has 0 bridgehead atoms. The van der Waals surface area contributed by atoms with Crippen LogP contribution in [0.25, 0.3) is 0 Å². The number of halogens is 1. The molecule has 0 saturated heterocycles. The number of esters is 1. The van der Waals surface area contributed by atoms with E-state index in [4.69, 9.17) is 9.47 Å². The molecule has 2 rings (SSSR count). The summed E-state index contributed by atoms with van der Waals surface area (Å²) >= 11 is 3.30. The molecule has 4 nitrogen and oxygen atoms in total. The zero-order valence-electron chi connectivity index (χ0n) is 11.6. The fraction of sp³-hybridized carbons (Fsp3) is 0.125. The van der Waals surface area contributed by atoms with Gasteiger partial charge in [0.1, 0.15) is 11.5 Å². The van der Waals surface area contributed by atoms with Gasteiger partial charge in [-0.05, 0) is 49.4 Å². The van der Waals surface area contributed by atoms with Crippen LogP contribution in [-0.2, 0) is 0 Å². The van der Waals surface area contributed by atoms with Crippen LogP contribution in [0.5, 0.6) is 11.5 Å². The molecule has 0 fully saturated rings. The number of benzene rings is 2. The summed E-state index contributed by atoms with van der Waals surface area (Å²) in [6.45, 7) is 1.41. The minimum atomic E-state index is -0.518. The third-order valence-electron chi connectivity index (χ3n) is 2.85. The molecule has 2 aromatic carbocycles. The summed E-state index contributed by atoms with van der Waals surface area (Å²) in [5.74, 6) is 0.0301. The fourth-order valence-electron chi connectivity index (χ4n) is 1.74. The molecule has 2 aromatic rings. The number of ketones is 1. The highest BCUT2D eigenvalue weighted by Crippen LogP contribution is 2.25. The quantitative estimate of drug-likeness (QED) is 0.478. The molecule has 0 aliphatic carbocycles. The first-order valence-corrected chi connectivity index (χ1v) is 6.97. The molecule has 0 spiro atoms. The zero-order chi connectivity index (χ0) is 15.4. The maximum absolute atomic E-state index is 12.1. The normalized spacial score (nSPS) is 10.0. The van der Waals surface area contributed by atoms with Crippen molar-refractivity contribution in [2.75, 3.05) is 7.11 Å². The molecule has 0 amide bonds. The number of methoxy groups -OCH3 is 1. The number of Topliss-reactive ketones (excluding diaryl/α,β-unsaturated/α-hetero) is 1. The highest BCUT2D eigenvalue weighted by molar-refractivity contribution is 9.10. The highest BCUT2D eigenvalue weighted by Gasteiger charge is 2.15. The first-order chi connectivity index (χ1) is 10.0. The van der Waals surface area contributed by atoms with Crippen molar-refractivity contribution >= 4 is 27.7 Å². The summed E-state index contributed by atoms with van der Waals surface area (Å²) in [6, 6.07) is 11.5. The van der Waals surface area contributed by atoms with Gasteiger partial charge >= 0.3 is 5.97 Å². The second-order valence-corrected chi connectivity index (χ2v) is 5.23. The Morgan fingerprint density at radius 1 is 1.05 bits per heavy atom. The second-order valence-electron chi connectivity index (χ2n) is 4.31. The van der Waals surface area contributed by atoms with Crippen LogP contribution in [0.15, 0.2) is 46.9 Å². The van der Waals surface area contributed by atoms with Gasteiger partial charge in [-0.15, -0.1) is 0 Å². The summed E-state index contributed by atoms with van der Waals surface area (Å²) in [7, 11) is 1.51. The molecular weight excluding hydrogens is 336 g/mol. The summed E-state index contributed by atoms with van der Waals surface area (Å²) in [5.41, 5.74) is 0.711. The Bertz CT molecular complexity index is 677. The lowest BCUT2D eigenvalue weighted by Crippen LogP contribution is -2.11. The van der Waals surface area contributed by atoms with Gasteiger partial charge in [-0.1, -0.05) is 15.9 Å². The van der Waals surface area contributed by atoms with E-state index in [-0.39, 0.29) is 11.5 Å². The lowest BCUT2D eigenvalue weighted by molar-refractivity contribution is 0.0732. The predicted molar refractivity (Wildman–Crippen MR) is 82.1 cm³/mol. The number of hydrogen-bond acceptors (Lipinski definition) is 4. The molecule has 0 aliphatic heterocycles. The van der Waals surface area contributed by atoms with Crippen molar-refractivity contribution in [1.29, 1.82) is 0 Å². The van der Waals surface area contributed by atoms with E-state index < -0.39 is 5.97 Å². The summed E-state index contributed by atoms with van der Waals surface area (Å²) in [6.07, 6.45) is 0. The van der Waals surface area contributed by atoms with Crippen molar-refractivity contribution in [3.05, 3.63) is 58.1 Å². The lowest BCUT2D eigenvalue weighted by Gasteiger charge is -2.10. The Balaban J connectivity index is 2.28. The molecule has 21 heavy (non-hydrogen) atoms. The van der Waals surface area contributed by atoms with E-state index in [0.717, 1.165) is 4.47 Å². The van der Waals surface area contributed by atoms with Crippen molar-refractivity contribution in [2.45, 2.75) is 6.92 Å². The largest absolute Gasteiger partial charge is 0.497 e. The van der Waals surface area contributed by atoms with Gasteiger partial charge in [-0.2, -0.15) is 0 Å². The van der Waals surface area contributed by atoms with Crippen LogP contribution in [-0.4, -0.2) is 18.9 Å². The van der Waals surface area contributed by atoms with Crippen molar-refractivity contribution in [3.63, 3.8) is 0 Å². The van der Waals surface area contributed by atoms with Gasteiger partial charge < -0.3 is 9.47 Å². The minimum absolute atomic E-state index is 0.201. The summed E-state index contributed by atoms with van der Waals surface area (Å²) in [5, 5.41) is 0. The monoisotopic (exact) mass is 348 g/mol. The van der Waals surface area contributed by atoms with Crippen molar-refractivity contribution < 1.29 is 19.1 Å². The average Bonchev–Trinajstić information content (AvgIpc) is 2.48. The van der Waals surface area contributed by atoms with Crippen LogP contribution in [0, 0.1) is 0 Å². The number of carbonyl (C=O) groups is 2. The van der Waals surface area contributed by atoms with Gasteiger partial charge in [0.05, 0.1) is 18.2 Å². The SMILES string of the molecule is COc1ccc(OC(=O)c2ccc(Br)cc2)c(C(C)=O)c1. The molecule has 0 radical (unpaired) electrons. The number of ether oxygens (including phenoxy) is 2. The van der Waals surface area contributed by atoms with Gasteiger partial charge in [-0.25, -0.2) is 4.79 Å². The molecule has 108 valence electrons. The predicted octanol–water partition coefficient (Wildman–Crippen LogP) is 3.88. The number of hydrogen-bond donors (Lipinski definition) is 0. The van der Waals surface area contributed by atoms with E-state index in [2.05, 4.69) is 15.9 Å². The van der Waals surface area contributed by atoms with Gasteiger partial charge in [0.2, 0.25) is 0 Å². The van der Waals surface area contributed by atoms with E-state index in [1.807, 2.05) is 0 Å². The van der Waals surface area contributed by atoms with Crippen molar-refractivity contribution in [3.8, 4) is 11.5 Å². The number of rotatable bonds is 4. The van der Waals surface area contributed by atoms with Crippen LogP contribution in [0.4, 0.5) is 0 Å². The van der Waals surface area contributed by atoms with Gasteiger partial charge in [0.15, 0.2) is 5.78 Å². The lowest BCUT2D eigenvalue weighted by atomic mass is 10.1. The Labute approximate surface area is 130 Å². The molecule has 5 heteroatoms. The molecule has 0 N–H and O–H groups in total. The van der Waals surface area contributed by atoms with E-state index in [1.54, 1.807) is 42.5 Å². The first-order valence-electron chi connectivity index (χ1n) is 6.18. The van der Waals surface area contributed by atoms with Crippen LogP contribution < -0.4 is 9.47 Å². The van der Waals surface area contributed by atoms with E-state index >= 15 is 0 Å².